The third kappa shape index (κ3) is 9.38. The summed E-state index contributed by atoms with van der Waals surface area (Å²) in [4.78, 5) is 23.9. The molecule has 1 rings (SSSR count). The summed E-state index contributed by atoms with van der Waals surface area (Å²) in [7, 11) is -2.66. The van der Waals surface area contributed by atoms with Crippen molar-refractivity contribution in [3.05, 3.63) is 24.3 Å². The van der Waals surface area contributed by atoms with Crippen molar-refractivity contribution in [2.45, 2.75) is 45.1 Å². The van der Waals surface area contributed by atoms with Gasteiger partial charge in [-0.3, -0.25) is 4.79 Å². The number of carbonyl (C=O) groups excluding carboxylic acids is 2. The Balaban J connectivity index is 2.41. The first-order chi connectivity index (χ1) is 12.9. The number of hydrogen-bond donors (Lipinski definition) is 2. The number of anilines is 1. The van der Waals surface area contributed by atoms with Crippen LogP contribution in [0, 0.1) is 0 Å². The molecule has 0 aliphatic rings. The number of nitrogens with one attached hydrogen (secondary N) is 2. The van der Waals surface area contributed by atoms with Gasteiger partial charge < -0.3 is 23.9 Å². The SMILES string of the molecule is CCO[Si](CCCNC(=O)Nc1ccc(SC(C)=O)cc1)(OCC)OCC. The van der Waals surface area contributed by atoms with Gasteiger partial charge in [-0.25, -0.2) is 4.79 Å². The first-order valence-corrected chi connectivity index (χ1v) is 11.9. The average Bonchev–Trinajstić information content (AvgIpc) is 2.61. The lowest BCUT2D eigenvalue weighted by Gasteiger charge is -2.28. The second-order valence-corrected chi connectivity index (χ2v) is 9.57. The van der Waals surface area contributed by atoms with E-state index in [1.165, 1.54) is 6.92 Å². The molecule has 152 valence electrons. The quantitative estimate of drug-likeness (QED) is 0.307. The van der Waals surface area contributed by atoms with E-state index < -0.39 is 8.80 Å². The first kappa shape index (κ1) is 23.6. The maximum absolute atomic E-state index is 12.0. The lowest BCUT2D eigenvalue weighted by molar-refractivity contribution is -0.109. The van der Waals surface area contributed by atoms with Gasteiger partial charge in [-0.15, -0.1) is 0 Å². The fourth-order valence-electron chi connectivity index (χ4n) is 2.46. The van der Waals surface area contributed by atoms with Gasteiger partial charge in [0.25, 0.3) is 0 Å². The van der Waals surface area contributed by atoms with Crippen LogP contribution in [-0.4, -0.2) is 46.3 Å². The third-order valence-electron chi connectivity index (χ3n) is 3.41. The van der Waals surface area contributed by atoms with E-state index in [2.05, 4.69) is 10.6 Å². The highest BCUT2D eigenvalue weighted by atomic mass is 32.2. The highest BCUT2D eigenvalue weighted by molar-refractivity contribution is 8.13. The van der Waals surface area contributed by atoms with Crippen LogP contribution in [0.3, 0.4) is 0 Å². The summed E-state index contributed by atoms with van der Waals surface area (Å²) in [6.07, 6.45) is 0.702. The van der Waals surface area contributed by atoms with Crippen molar-refractivity contribution >= 4 is 37.4 Å². The second-order valence-electron chi connectivity index (χ2n) is 5.58. The Hall–Kier alpha value is -1.39. The molecule has 0 bridgehead atoms. The number of carbonyl (C=O) groups is 2. The molecule has 0 aliphatic heterocycles. The standard InChI is InChI=1S/C18H30N2O5SSi/c1-5-23-27(24-6-2,25-7-3)14-8-13-19-18(22)20-16-9-11-17(12-10-16)26-15(4)21/h9-12H,5-8,13-14H2,1-4H3,(H2,19,20,22). The molecular weight excluding hydrogens is 384 g/mol. The van der Waals surface area contributed by atoms with Gasteiger partial charge in [-0.05, 0) is 51.5 Å². The van der Waals surface area contributed by atoms with E-state index in [0.29, 0.717) is 44.5 Å². The molecule has 0 atom stereocenters. The van der Waals surface area contributed by atoms with E-state index >= 15 is 0 Å². The zero-order valence-corrected chi connectivity index (χ0v) is 18.3. The Bertz CT molecular complexity index is 569. The van der Waals surface area contributed by atoms with E-state index in [0.717, 1.165) is 16.7 Å². The molecule has 9 heteroatoms. The molecule has 0 aliphatic carbocycles. The Morgan fingerprint density at radius 3 is 2.04 bits per heavy atom. The number of urea groups is 1. The molecule has 0 unspecified atom stereocenters. The van der Waals surface area contributed by atoms with E-state index in [-0.39, 0.29) is 11.1 Å². The summed E-state index contributed by atoms with van der Waals surface area (Å²) in [6.45, 7) is 9.40. The van der Waals surface area contributed by atoms with Gasteiger partial charge >= 0.3 is 14.8 Å². The Morgan fingerprint density at radius 1 is 1.00 bits per heavy atom. The van der Waals surface area contributed by atoms with E-state index in [1.54, 1.807) is 24.3 Å². The Labute approximate surface area is 166 Å². The lowest BCUT2D eigenvalue weighted by Crippen LogP contribution is -2.46. The Kier molecular flexibility index (Phi) is 11.3. The van der Waals surface area contributed by atoms with E-state index in [1.807, 2.05) is 20.8 Å². The van der Waals surface area contributed by atoms with Crippen molar-refractivity contribution in [3.8, 4) is 0 Å². The minimum absolute atomic E-state index is 0.0271. The van der Waals surface area contributed by atoms with Gasteiger partial charge in [0.1, 0.15) is 0 Å². The molecule has 0 saturated heterocycles. The van der Waals surface area contributed by atoms with Crippen LogP contribution in [0.15, 0.2) is 29.2 Å². The molecule has 0 radical (unpaired) electrons. The smallest absolute Gasteiger partial charge is 0.374 e. The van der Waals surface area contributed by atoms with Crippen LogP contribution in [0.1, 0.15) is 34.1 Å². The monoisotopic (exact) mass is 414 g/mol. The van der Waals surface area contributed by atoms with Gasteiger partial charge in [0, 0.05) is 49.9 Å². The van der Waals surface area contributed by atoms with Crippen LogP contribution in [-0.2, 0) is 18.1 Å². The molecule has 0 aromatic heterocycles. The predicted molar refractivity (Wildman–Crippen MR) is 110 cm³/mol. The molecule has 2 amide bonds. The van der Waals surface area contributed by atoms with Gasteiger partial charge in [-0.1, -0.05) is 11.8 Å². The maximum Gasteiger partial charge on any atom is 0.500 e. The van der Waals surface area contributed by atoms with Gasteiger partial charge in [0.15, 0.2) is 5.12 Å². The van der Waals surface area contributed by atoms with Crippen molar-refractivity contribution in [2.75, 3.05) is 31.7 Å². The highest BCUT2D eigenvalue weighted by Crippen LogP contribution is 2.21. The van der Waals surface area contributed by atoms with Crippen LogP contribution in [0.4, 0.5) is 10.5 Å². The molecule has 7 nitrogen and oxygen atoms in total. The molecule has 1 aromatic carbocycles. The average molecular weight is 415 g/mol. The molecule has 0 saturated carbocycles. The fraction of sp³-hybridized carbons (Fsp3) is 0.556. The minimum Gasteiger partial charge on any atom is -0.374 e. The van der Waals surface area contributed by atoms with Gasteiger partial charge in [-0.2, -0.15) is 0 Å². The van der Waals surface area contributed by atoms with Crippen LogP contribution >= 0.6 is 11.8 Å². The van der Waals surface area contributed by atoms with Gasteiger partial charge in [0.2, 0.25) is 0 Å². The van der Waals surface area contributed by atoms with Gasteiger partial charge in [0.05, 0.1) is 0 Å². The number of thioether (sulfide) groups is 1. The number of amides is 2. The van der Waals surface area contributed by atoms with Crippen molar-refractivity contribution in [3.63, 3.8) is 0 Å². The summed E-state index contributed by atoms with van der Waals surface area (Å²) < 4.78 is 17.4. The van der Waals surface area contributed by atoms with Crippen LogP contribution < -0.4 is 10.6 Å². The highest BCUT2D eigenvalue weighted by Gasteiger charge is 2.39. The van der Waals surface area contributed by atoms with Crippen molar-refractivity contribution in [2.24, 2.45) is 0 Å². The normalized spacial score (nSPS) is 11.3. The topological polar surface area (TPSA) is 85.9 Å². The summed E-state index contributed by atoms with van der Waals surface area (Å²) in [6, 6.07) is 7.50. The van der Waals surface area contributed by atoms with Crippen LogP contribution in [0.5, 0.6) is 0 Å². The number of rotatable bonds is 12. The van der Waals surface area contributed by atoms with Crippen molar-refractivity contribution in [1.82, 2.24) is 5.32 Å². The molecule has 1 aromatic rings. The molecule has 0 spiro atoms. The molecule has 2 N–H and O–H groups in total. The number of benzene rings is 1. The zero-order valence-electron chi connectivity index (χ0n) is 16.5. The molecular formula is C18H30N2O5SSi. The summed E-state index contributed by atoms with van der Waals surface area (Å²) >= 11 is 1.16. The van der Waals surface area contributed by atoms with E-state index in [9.17, 15) is 9.59 Å². The van der Waals surface area contributed by atoms with Crippen LogP contribution in [0.2, 0.25) is 6.04 Å². The summed E-state index contributed by atoms with van der Waals surface area (Å²) in [5, 5.41) is 5.62. The lowest BCUT2D eigenvalue weighted by atomic mass is 10.3. The van der Waals surface area contributed by atoms with Crippen molar-refractivity contribution < 1.29 is 22.9 Å². The summed E-state index contributed by atoms with van der Waals surface area (Å²) in [5.41, 5.74) is 0.669. The summed E-state index contributed by atoms with van der Waals surface area (Å²) in [5.74, 6) is 0. The largest absolute Gasteiger partial charge is 0.500 e. The maximum atomic E-state index is 12.0. The number of hydrogen-bond acceptors (Lipinski definition) is 6. The van der Waals surface area contributed by atoms with Crippen LogP contribution in [0.25, 0.3) is 0 Å². The third-order valence-corrected chi connectivity index (χ3v) is 7.36. The zero-order chi connectivity index (χ0) is 20.1. The minimum atomic E-state index is -2.66. The van der Waals surface area contributed by atoms with Crippen molar-refractivity contribution in [1.29, 1.82) is 0 Å². The molecule has 27 heavy (non-hydrogen) atoms. The second kappa shape index (κ2) is 12.9. The van der Waals surface area contributed by atoms with E-state index in [4.69, 9.17) is 13.3 Å². The molecule has 0 fully saturated rings. The first-order valence-electron chi connectivity index (χ1n) is 9.19. The predicted octanol–water partition coefficient (Wildman–Crippen LogP) is 3.89. The molecule has 0 heterocycles. The Morgan fingerprint density at radius 2 is 1.56 bits per heavy atom. The fourth-order valence-corrected chi connectivity index (χ4v) is 5.67.